The number of morpholine rings is 1. The number of nitrogens with zero attached hydrogens (tertiary/aromatic N) is 3. The van der Waals surface area contributed by atoms with E-state index >= 15 is 0 Å². The van der Waals surface area contributed by atoms with Crippen LogP contribution >= 0.6 is 0 Å². The van der Waals surface area contributed by atoms with E-state index in [4.69, 9.17) is 10.6 Å². The van der Waals surface area contributed by atoms with Crippen LogP contribution in [0.3, 0.4) is 0 Å². The molecule has 2 heterocycles. The second-order valence-corrected chi connectivity index (χ2v) is 4.94. The van der Waals surface area contributed by atoms with Gasteiger partial charge in [0.2, 0.25) is 5.82 Å². The number of halogens is 3. The van der Waals surface area contributed by atoms with Crippen LogP contribution in [0.2, 0.25) is 0 Å². The molecule has 0 bridgehead atoms. The van der Waals surface area contributed by atoms with Crippen LogP contribution in [0, 0.1) is 0 Å². The molecule has 9 heteroatoms. The highest BCUT2D eigenvalue weighted by Gasteiger charge is 2.37. The van der Waals surface area contributed by atoms with Gasteiger partial charge in [0.15, 0.2) is 0 Å². The number of rotatable bonds is 3. The maximum Gasteiger partial charge on any atom is 0.451 e. The summed E-state index contributed by atoms with van der Waals surface area (Å²) in [6.45, 7) is 4.74. The number of nitrogens with one attached hydrogen (secondary N) is 1. The van der Waals surface area contributed by atoms with Crippen LogP contribution in [0.1, 0.15) is 26.1 Å². The Labute approximate surface area is 120 Å². The number of anilines is 2. The fourth-order valence-electron chi connectivity index (χ4n) is 2.25. The van der Waals surface area contributed by atoms with E-state index in [2.05, 4.69) is 15.4 Å². The second-order valence-electron chi connectivity index (χ2n) is 4.94. The first kappa shape index (κ1) is 15.8. The third-order valence-electron chi connectivity index (χ3n) is 3.35. The van der Waals surface area contributed by atoms with Gasteiger partial charge in [-0.2, -0.15) is 13.2 Å². The molecule has 0 saturated carbocycles. The average Bonchev–Trinajstić information content (AvgIpc) is 2.45. The summed E-state index contributed by atoms with van der Waals surface area (Å²) in [7, 11) is 0. The lowest BCUT2D eigenvalue weighted by molar-refractivity contribution is -0.144. The first-order chi connectivity index (χ1) is 9.85. The van der Waals surface area contributed by atoms with Crippen molar-refractivity contribution in [1.82, 2.24) is 9.97 Å². The molecule has 0 amide bonds. The highest BCUT2D eigenvalue weighted by atomic mass is 19.4. The highest BCUT2D eigenvalue weighted by Crippen LogP contribution is 2.30. The van der Waals surface area contributed by atoms with Crippen LogP contribution < -0.4 is 16.2 Å². The maximum atomic E-state index is 12.9. The van der Waals surface area contributed by atoms with Crippen molar-refractivity contribution in [2.45, 2.75) is 38.6 Å². The lowest BCUT2D eigenvalue weighted by Crippen LogP contribution is -2.49. The standard InChI is InChI=1S/C12H18F3N5O/c1-3-8-6-21-7(2)5-20(8)10-4-9(19-16)17-11(18-10)12(13,14)15/h4,7-8H,3,5-6,16H2,1-2H3,(H,17,18,19). The first-order valence-electron chi connectivity index (χ1n) is 6.66. The normalized spacial score (nSPS) is 23.2. The van der Waals surface area contributed by atoms with E-state index in [0.717, 1.165) is 6.42 Å². The average molecular weight is 305 g/mol. The van der Waals surface area contributed by atoms with Crippen molar-refractivity contribution in [3.8, 4) is 0 Å². The largest absolute Gasteiger partial charge is 0.451 e. The van der Waals surface area contributed by atoms with Crippen molar-refractivity contribution in [2.75, 3.05) is 23.5 Å². The Morgan fingerprint density at radius 2 is 2.19 bits per heavy atom. The second kappa shape index (κ2) is 6.02. The predicted octanol–water partition coefficient (Wildman–Crippen LogP) is 1.78. The molecule has 0 aromatic carbocycles. The van der Waals surface area contributed by atoms with Crippen molar-refractivity contribution in [3.05, 3.63) is 11.9 Å². The molecule has 1 aromatic heterocycles. The number of nitrogens with two attached hydrogens (primary N) is 1. The summed E-state index contributed by atoms with van der Waals surface area (Å²) >= 11 is 0. The lowest BCUT2D eigenvalue weighted by atomic mass is 10.1. The molecule has 6 nitrogen and oxygen atoms in total. The topological polar surface area (TPSA) is 76.3 Å². The minimum atomic E-state index is -4.62. The van der Waals surface area contributed by atoms with E-state index < -0.39 is 12.0 Å². The van der Waals surface area contributed by atoms with Crippen LogP contribution in [0.25, 0.3) is 0 Å². The van der Waals surface area contributed by atoms with E-state index in [9.17, 15) is 13.2 Å². The van der Waals surface area contributed by atoms with Gasteiger partial charge in [-0.15, -0.1) is 0 Å². The van der Waals surface area contributed by atoms with E-state index in [1.54, 1.807) is 0 Å². The van der Waals surface area contributed by atoms with Crippen molar-refractivity contribution in [3.63, 3.8) is 0 Å². The molecule has 1 fully saturated rings. The molecule has 1 aliphatic rings. The summed E-state index contributed by atoms with van der Waals surface area (Å²) < 4.78 is 44.2. The van der Waals surface area contributed by atoms with Crippen LogP contribution in [-0.2, 0) is 10.9 Å². The van der Waals surface area contributed by atoms with Crippen LogP contribution in [-0.4, -0.2) is 35.3 Å². The van der Waals surface area contributed by atoms with Crippen LogP contribution in [0.4, 0.5) is 24.8 Å². The van der Waals surface area contributed by atoms with E-state index in [1.165, 1.54) is 6.07 Å². The van der Waals surface area contributed by atoms with Crippen molar-refractivity contribution in [1.29, 1.82) is 0 Å². The monoisotopic (exact) mass is 305 g/mol. The fraction of sp³-hybridized carbons (Fsp3) is 0.667. The Bertz CT molecular complexity index is 496. The summed E-state index contributed by atoms with van der Waals surface area (Å²) in [6.07, 6.45) is -3.96. The molecule has 2 atom stereocenters. The Kier molecular flexibility index (Phi) is 4.52. The number of ether oxygens (including phenoxy) is 1. The quantitative estimate of drug-likeness (QED) is 0.655. The molecule has 1 aliphatic heterocycles. The molecule has 0 aliphatic carbocycles. The minimum absolute atomic E-state index is 0.0252. The zero-order valence-corrected chi connectivity index (χ0v) is 11.8. The molecule has 118 valence electrons. The summed E-state index contributed by atoms with van der Waals surface area (Å²) in [6, 6.07) is 1.39. The Hall–Kier alpha value is -1.61. The third-order valence-corrected chi connectivity index (χ3v) is 3.35. The van der Waals surface area contributed by atoms with E-state index in [0.29, 0.717) is 13.2 Å². The highest BCUT2D eigenvalue weighted by molar-refractivity contribution is 5.50. The van der Waals surface area contributed by atoms with Gasteiger partial charge in [0.25, 0.3) is 0 Å². The number of alkyl halides is 3. The van der Waals surface area contributed by atoms with E-state index in [1.807, 2.05) is 18.7 Å². The molecule has 2 rings (SSSR count). The zero-order valence-electron chi connectivity index (χ0n) is 11.8. The Morgan fingerprint density at radius 3 is 2.76 bits per heavy atom. The molecule has 3 N–H and O–H groups in total. The summed E-state index contributed by atoms with van der Waals surface area (Å²) in [4.78, 5) is 8.82. The summed E-state index contributed by atoms with van der Waals surface area (Å²) in [5.41, 5.74) is 2.15. The smallest absolute Gasteiger partial charge is 0.375 e. The van der Waals surface area contributed by atoms with E-state index in [-0.39, 0.29) is 23.8 Å². The number of hydrazine groups is 1. The number of hydrogen-bond acceptors (Lipinski definition) is 6. The van der Waals surface area contributed by atoms with Crippen LogP contribution in [0.5, 0.6) is 0 Å². The van der Waals surface area contributed by atoms with Gasteiger partial charge in [-0.3, -0.25) is 0 Å². The third kappa shape index (κ3) is 3.53. The molecule has 1 saturated heterocycles. The zero-order chi connectivity index (χ0) is 15.6. The maximum absolute atomic E-state index is 12.9. The Balaban J connectivity index is 2.41. The van der Waals surface area contributed by atoms with Gasteiger partial charge in [0.05, 0.1) is 18.8 Å². The summed E-state index contributed by atoms with van der Waals surface area (Å²) in [5, 5.41) is 0. The summed E-state index contributed by atoms with van der Waals surface area (Å²) in [5.74, 6) is 4.13. The first-order valence-corrected chi connectivity index (χ1v) is 6.66. The number of nitrogen functional groups attached to an aromatic ring is 1. The van der Waals surface area contributed by atoms with Crippen molar-refractivity contribution in [2.24, 2.45) is 5.84 Å². The van der Waals surface area contributed by atoms with Gasteiger partial charge in [-0.05, 0) is 13.3 Å². The van der Waals surface area contributed by atoms with Gasteiger partial charge < -0.3 is 15.1 Å². The lowest BCUT2D eigenvalue weighted by Gasteiger charge is -2.39. The van der Waals surface area contributed by atoms with Gasteiger partial charge in [0.1, 0.15) is 11.6 Å². The molecular formula is C12H18F3N5O. The molecular weight excluding hydrogens is 287 g/mol. The molecule has 21 heavy (non-hydrogen) atoms. The van der Waals surface area contributed by atoms with Gasteiger partial charge in [-0.1, -0.05) is 6.92 Å². The fourth-order valence-corrected chi connectivity index (χ4v) is 2.25. The molecule has 0 radical (unpaired) electrons. The molecule has 2 unspecified atom stereocenters. The Morgan fingerprint density at radius 1 is 1.48 bits per heavy atom. The van der Waals surface area contributed by atoms with Gasteiger partial charge in [-0.25, -0.2) is 15.8 Å². The van der Waals surface area contributed by atoms with Crippen molar-refractivity contribution >= 4 is 11.6 Å². The minimum Gasteiger partial charge on any atom is -0.375 e. The number of aromatic nitrogens is 2. The number of hydrogen-bond donors (Lipinski definition) is 2. The van der Waals surface area contributed by atoms with Crippen molar-refractivity contribution < 1.29 is 17.9 Å². The molecule has 1 aromatic rings. The SMILES string of the molecule is CCC1COC(C)CN1c1cc(NN)nc(C(F)(F)F)n1. The predicted molar refractivity (Wildman–Crippen MR) is 71.7 cm³/mol. The van der Waals surface area contributed by atoms with Gasteiger partial charge >= 0.3 is 6.18 Å². The molecule has 0 spiro atoms. The van der Waals surface area contributed by atoms with Crippen LogP contribution in [0.15, 0.2) is 6.07 Å². The van der Waals surface area contributed by atoms with Gasteiger partial charge in [0, 0.05) is 12.6 Å².